The van der Waals surface area contributed by atoms with E-state index in [-0.39, 0.29) is 0 Å². The topological polar surface area (TPSA) is 29.5 Å². The zero-order chi connectivity index (χ0) is 52.4. The number of hydrogen-bond acceptors (Lipinski definition) is 4. The molecule has 2 aromatic heterocycles. The van der Waals surface area contributed by atoms with E-state index >= 15 is 0 Å². The normalized spacial score (nSPS) is 11.2. The van der Waals surface area contributed by atoms with Gasteiger partial charge < -0.3 is 9.68 Å². The number of halogens is 1. The quantitative estimate of drug-likeness (QED) is 0.138. The van der Waals surface area contributed by atoms with Crippen molar-refractivity contribution in [2.75, 3.05) is 0 Å². The van der Waals surface area contributed by atoms with Crippen LogP contribution in [0.5, 0.6) is 5.75 Å². The number of hydrogen-bond donors (Lipinski definition) is 1. The second-order valence-corrected chi connectivity index (χ2v) is 22.3. The Hall–Kier alpha value is -8.62. The lowest BCUT2D eigenvalue weighted by Gasteiger charge is -2.11. The summed E-state index contributed by atoms with van der Waals surface area (Å²) in [5.74, 6) is 0.595. The van der Waals surface area contributed by atoms with Gasteiger partial charge in [0, 0.05) is 55.9 Å². The molecule has 0 aliphatic rings. The first kappa shape index (κ1) is 49.0. The molecule has 1 N–H and O–H groups in total. The maximum atomic E-state index is 9.09. The minimum Gasteiger partial charge on any atom is -0.537 e. The molecule has 0 unspecified atom stereocenters. The molecule has 369 valence electrons. The molecule has 0 atom stereocenters. The summed E-state index contributed by atoms with van der Waals surface area (Å²) in [6.07, 6.45) is 0. The Morgan fingerprint density at radius 1 is 0.282 bits per heavy atom. The van der Waals surface area contributed by atoms with Crippen LogP contribution in [0.1, 0.15) is 0 Å². The van der Waals surface area contributed by atoms with Gasteiger partial charge in [-0.3, -0.25) is 0 Å². The van der Waals surface area contributed by atoms with Crippen molar-refractivity contribution in [1.29, 1.82) is 0 Å². The molecule has 6 heteroatoms. The molecule has 0 saturated carbocycles. The summed E-state index contributed by atoms with van der Waals surface area (Å²) >= 11 is 7.37. The van der Waals surface area contributed by atoms with Crippen LogP contribution in [0.3, 0.4) is 0 Å². The smallest absolute Gasteiger partial charge is 0.537 e. The lowest BCUT2D eigenvalue weighted by Crippen LogP contribution is -1.99. The Balaban J connectivity index is 0.000000149. The molecule has 0 spiro atoms. The predicted octanol–water partition coefficient (Wildman–Crippen LogP) is 21.1. The monoisotopic (exact) mass is 1100 g/mol. The van der Waals surface area contributed by atoms with Crippen molar-refractivity contribution in [3.63, 3.8) is 0 Å². The molecule has 12 aromatic carbocycles. The second kappa shape index (κ2) is 21.8. The first-order valence-electron chi connectivity index (χ1n) is 25.9. The van der Waals surface area contributed by atoms with E-state index in [9.17, 15) is 0 Å². The van der Waals surface area contributed by atoms with Gasteiger partial charge in [-0.2, -0.15) is 0 Å². The van der Waals surface area contributed by atoms with Crippen molar-refractivity contribution in [2.24, 2.45) is 0 Å². The highest BCUT2D eigenvalue weighted by Gasteiger charge is 2.18. The summed E-state index contributed by atoms with van der Waals surface area (Å²) in [6.45, 7) is 0. The highest BCUT2D eigenvalue weighted by Crippen LogP contribution is 2.47. The average molecular weight is 1100 g/mol. The summed E-state index contributed by atoms with van der Waals surface area (Å²) in [5, 5.41) is 14.3. The summed E-state index contributed by atoms with van der Waals surface area (Å²) in [4.78, 5) is 0. The van der Waals surface area contributed by atoms with Crippen LogP contribution in [0.4, 0.5) is 0 Å². The van der Waals surface area contributed by atoms with Crippen molar-refractivity contribution >= 4 is 86.6 Å². The maximum Gasteiger partial charge on any atom is 0.569 e. The molecule has 2 nitrogen and oxygen atoms in total. The Bertz CT molecular complexity index is 4460. The third-order valence-electron chi connectivity index (χ3n) is 14.4. The molecule has 78 heavy (non-hydrogen) atoms. The Morgan fingerprint density at radius 2 is 0.628 bits per heavy atom. The van der Waals surface area contributed by atoms with Crippen LogP contribution in [-0.2, 0) is 0 Å². The van der Waals surface area contributed by atoms with Crippen molar-refractivity contribution < 1.29 is 9.68 Å². The molecular formula is C72H47BBrO2S2. The second-order valence-electron chi connectivity index (χ2n) is 19.3. The molecule has 14 aromatic rings. The van der Waals surface area contributed by atoms with Gasteiger partial charge in [0.05, 0.1) is 0 Å². The molecule has 0 saturated heterocycles. The van der Waals surface area contributed by atoms with E-state index in [1.54, 1.807) is 0 Å². The zero-order valence-corrected chi connectivity index (χ0v) is 45.4. The van der Waals surface area contributed by atoms with E-state index in [0.29, 0.717) is 13.4 Å². The molecule has 1 radical (unpaired) electrons. The molecule has 2 heterocycles. The fraction of sp³-hybridized carbons (Fsp3) is 0. The van der Waals surface area contributed by atoms with E-state index in [1.807, 2.05) is 40.9 Å². The van der Waals surface area contributed by atoms with Crippen molar-refractivity contribution in [2.45, 2.75) is 0 Å². The van der Waals surface area contributed by atoms with Crippen molar-refractivity contribution in [3.8, 4) is 94.8 Å². The number of rotatable bonds is 10. The van der Waals surface area contributed by atoms with Gasteiger partial charge in [0.25, 0.3) is 0 Å². The minimum atomic E-state index is 0.595. The highest BCUT2D eigenvalue weighted by molar-refractivity contribution is 9.10. The summed E-state index contributed by atoms with van der Waals surface area (Å²) < 4.78 is 11.5. The molecule has 0 amide bonds. The van der Waals surface area contributed by atoms with Crippen LogP contribution < -0.4 is 4.65 Å². The van der Waals surface area contributed by atoms with Crippen LogP contribution in [-0.4, -0.2) is 12.7 Å². The average Bonchev–Trinajstić information content (AvgIpc) is 4.22. The van der Waals surface area contributed by atoms with Gasteiger partial charge in [-0.15, -0.1) is 22.7 Å². The zero-order valence-electron chi connectivity index (χ0n) is 42.2. The number of benzene rings is 12. The van der Waals surface area contributed by atoms with Crippen LogP contribution >= 0.6 is 38.6 Å². The summed E-state index contributed by atoms with van der Waals surface area (Å²) in [6, 6.07) is 99.5. The van der Waals surface area contributed by atoms with Gasteiger partial charge in [-0.05, 0) is 163 Å². The van der Waals surface area contributed by atoms with Crippen LogP contribution in [0.2, 0.25) is 0 Å². The SMILES string of the molecule is Brc1cccc(-c2cccc(-c3cc(-c4ccccc4)cc4c3sc3ccc(-c5ccccc5)cc34)c2)c1.O[B]Oc1cccc(-c2cccc(-c3cc(-c4ccccc4)cc4c3sc3ccc(-c5ccccc5)cc34)c2)c1. The van der Waals surface area contributed by atoms with Gasteiger partial charge in [0.2, 0.25) is 0 Å². The molecular weight excluding hydrogens is 1050 g/mol. The Labute approximate surface area is 471 Å². The molecule has 0 aliphatic carbocycles. The Morgan fingerprint density at radius 3 is 1.06 bits per heavy atom. The van der Waals surface area contributed by atoms with Crippen molar-refractivity contribution in [1.82, 2.24) is 0 Å². The highest BCUT2D eigenvalue weighted by atomic mass is 79.9. The van der Waals surface area contributed by atoms with Gasteiger partial charge in [0.1, 0.15) is 5.75 Å². The largest absolute Gasteiger partial charge is 0.569 e. The van der Waals surface area contributed by atoms with Crippen LogP contribution in [0, 0.1) is 0 Å². The molecule has 0 bridgehead atoms. The van der Waals surface area contributed by atoms with E-state index in [0.717, 1.165) is 21.2 Å². The van der Waals surface area contributed by atoms with E-state index in [2.05, 4.69) is 277 Å². The fourth-order valence-electron chi connectivity index (χ4n) is 10.6. The molecule has 14 rings (SSSR count). The number of thiophene rings is 2. The van der Waals surface area contributed by atoms with Gasteiger partial charge in [-0.25, -0.2) is 0 Å². The van der Waals surface area contributed by atoms with Crippen LogP contribution in [0.15, 0.2) is 284 Å². The predicted molar refractivity (Wildman–Crippen MR) is 338 cm³/mol. The molecule has 0 fully saturated rings. The van der Waals surface area contributed by atoms with E-state index < -0.39 is 0 Å². The van der Waals surface area contributed by atoms with E-state index in [4.69, 9.17) is 9.68 Å². The third kappa shape index (κ3) is 9.99. The first-order valence-corrected chi connectivity index (χ1v) is 28.3. The summed E-state index contributed by atoms with van der Waals surface area (Å²) in [5.41, 5.74) is 19.3. The third-order valence-corrected chi connectivity index (χ3v) is 17.4. The Kier molecular flexibility index (Phi) is 13.7. The number of fused-ring (bicyclic) bond motifs is 6. The van der Waals surface area contributed by atoms with Gasteiger partial charge >= 0.3 is 7.69 Å². The first-order chi connectivity index (χ1) is 38.5. The standard InChI is InChI=1S/C36H24BO2S.C36H23BrS/c38-37-39-31-16-8-14-27(20-31)26-13-7-15-29(19-26)32-22-30(25-11-5-2-6-12-25)23-34-33-21-28(24-9-3-1-4-10-24)17-18-35(33)40-36(32)34;37-31-16-8-14-27(20-31)26-13-7-15-29(19-26)32-22-30(25-11-5-2-6-12-25)23-34-33-21-28(24-9-3-1-4-10-24)17-18-35(33)38-36(32)34/h1-23,38H;1-23H. The lowest BCUT2D eigenvalue weighted by atomic mass is 9.93. The summed E-state index contributed by atoms with van der Waals surface area (Å²) in [7, 11) is 0.714. The fourth-order valence-corrected chi connectivity index (χ4v) is 13.4. The van der Waals surface area contributed by atoms with Gasteiger partial charge in [0.15, 0.2) is 0 Å². The van der Waals surface area contributed by atoms with E-state index in [1.165, 1.54) is 113 Å². The minimum absolute atomic E-state index is 0.595. The van der Waals surface area contributed by atoms with Crippen molar-refractivity contribution in [3.05, 3.63) is 284 Å². The van der Waals surface area contributed by atoms with Gasteiger partial charge in [-0.1, -0.05) is 210 Å². The molecule has 0 aliphatic heterocycles. The maximum absolute atomic E-state index is 9.09. The van der Waals surface area contributed by atoms with Crippen LogP contribution in [0.25, 0.3) is 129 Å². The lowest BCUT2D eigenvalue weighted by molar-refractivity contribution is 0.454.